The molecule has 1 fully saturated rings. The summed E-state index contributed by atoms with van der Waals surface area (Å²) in [6.07, 6.45) is 2.61. The molecule has 0 bridgehead atoms. The monoisotopic (exact) mass is 237 g/mol. The average molecular weight is 237 g/mol. The summed E-state index contributed by atoms with van der Waals surface area (Å²) in [6, 6.07) is 5.91. The zero-order valence-corrected chi connectivity index (χ0v) is 10.5. The summed E-state index contributed by atoms with van der Waals surface area (Å²) in [5.74, 6) is 0.855. The number of alkyl halides is 1. The van der Waals surface area contributed by atoms with Gasteiger partial charge in [-0.15, -0.1) is 0 Å². The third kappa shape index (κ3) is 2.78. The molecule has 0 saturated carbocycles. The van der Waals surface area contributed by atoms with Gasteiger partial charge in [-0.2, -0.15) is 0 Å². The van der Waals surface area contributed by atoms with Crippen LogP contribution < -0.4 is 10.1 Å². The van der Waals surface area contributed by atoms with Gasteiger partial charge in [0.2, 0.25) is 0 Å². The van der Waals surface area contributed by atoms with E-state index in [2.05, 4.69) is 5.32 Å². The molecule has 17 heavy (non-hydrogen) atoms. The van der Waals surface area contributed by atoms with Gasteiger partial charge in [0.15, 0.2) is 0 Å². The SMILES string of the molecule is COc1ccc(C(C)F)cc1C1CCCCN1. The zero-order chi connectivity index (χ0) is 12.3. The average Bonchev–Trinajstić information content (AvgIpc) is 2.39. The van der Waals surface area contributed by atoms with Gasteiger partial charge in [-0.1, -0.05) is 12.5 Å². The van der Waals surface area contributed by atoms with Crippen molar-refractivity contribution in [1.82, 2.24) is 5.32 Å². The Morgan fingerprint density at radius 1 is 1.41 bits per heavy atom. The maximum absolute atomic E-state index is 13.4. The van der Waals surface area contributed by atoms with E-state index in [0.717, 1.165) is 29.8 Å². The molecule has 0 amide bonds. The van der Waals surface area contributed by atoms with Crippen LogP contribution in [0.15, 0.2) is 18.2 Å². The van der Waals surface area contributed by atoms with Gasteiger partial charge in [0.1, 0.15) is 11.9 Å². The van der Waals surface area contributed by atoms with Crippen LogP contribution in [0.5, 0.6) is 5.75 Å². The van der Waals surface area contributed by atoms with Crippen molar-refractivity contribution in [2.45, 2.75) is 38.4 Å². The van der Waals surface area contributed by atoms with E-state index in [-0.39, 0.29) is 0 Å². The maximum Gasteiger partial charge on any atom is 0.123 e. The quantitative estimate of drug-likeness (QED) is 0.868. The minimum atomic E-state index is -0.928. The molecule has 3 heteroatoms. The molecular weight excluding hydrogens is 217 g/mol. The molecule has 1 aromatic rings. The molecule has 1 aromatic carbocycles. The lowest BCUT2D eigenvalue weighted by molar-refractivity contribution is 0.362. The Morgan fingerprint density at radius 2 is 2.24 bits per heavy atom. The van der Waals surface area contributed by atoms with Crippen LogP contribution in [0.1, 0.15) is 49.5 Å². The molecule has 1 aliphatic heterocycles. The van der Waals surface area contributed by atoms with Gasteiger partial charge >= 0.3 is 0 Å². The molecule has 2 nitrogen and oxygen atoms in total. The summed E-state index contributed by atoms with van der Waals surface area (Å²) < 4.78 is 18.7. The number of nitrogens with one attached hydrogen (secondary N) is 1. The number of benzene rings is 1. The number of hydrogen-bond acceptors (Lipinski definition) is 2. The first-order valence-corrected chi connectivity index (χ1v) is 6.27. The second-order valence-corrected chi connectivity index (χ2v) is 4.62. The molecular formula is C14H20FNO. The van der Waals surface area contributed by atoms with Gasteiger partial charge in [-0.05, 0) is 44.0 Å². The van der Waals surface area contributed by atoms with E-state index < -0.39 is 6.17 Å². The van der Waals surface area contributed by atoms with Crippen LogP contribution in [-0.2, 0) is 0 Å². The first-order valence-electron chi connectivity index (χ1n) is 6.27. The smallest absolute Gasteiger partial charge is 0.123 e. The molecule has 2 rings (SSSR count). The van der Waals surface area contributed by atoms with Crippen LogP contribution in [0.25, 0.3) is 0 Å². The Morgan fingerprint density at radius 3 is 2.82 bits per heavy atom. The van der Waals surface area contributed by atoms with Gasteiger partial charge in [0.05, 0.1) is 7.11 Å². The van der Waals surface area contributed by atoms with Crippen molar-refractivity contribution in [3.63, 3.8) is 0 Å². The number of ether oxygens (including phenoxy) is 1. The topological polar surface area (TPSA) is 21.3 Å². The predicted octanol–water partition coefficient (Wildman–Crippen LogP) is 3.54. The van der Waals surface area contributed by atoms with E-state index in [9.17, 15) is 4.39 Å². The largest absolute Gasteiger partial charge is 0.496 e. The van der Waals surface area contributed by atoms with Crippen LogP contribution in [0, 0.1) is 0 Å². The number of hydrogen-bond donors (Lipinski definition) is 1. The second kappa shape index (κ2) is 5.50. The summed E-state index contributed by atoms with van der Waals surface area (Å²) in [6.45, 7) is 2.60. The summed E-state index contributed by atoms with van der Waals surface area (Å²) in [5, 5.41) is 3.47. The molecule has 2 atom stereocenters. The minimum Gasteiger partial charge on any atom is -0.496 e. The van der Waals surface area contributed by atoms with E-state index in [1.807, 2.05) is 12.1 Å². The number of halogens is 1. The first kappa shape index (κ1) is 12.4. The fourth-order valence-corrected chi connectivity index (χ4v) is 2.39. The molecule has 1 aliphatic rings. The van der Waals surface area contributed by atoms with Crippen molar-refractivity contribution in [3.05, 3.63) is 29.3 Å². The zero-order valence-electron chi connectivity index (χ0n) is 10.5. The van der Waals surface area contributed by atoms with E-state index >= 15 is 0 Å². The van der Waals surface area contributed by atoms with Crippen LogP contribution in [-0.4, -0.2) is 13.7 Å². The fraction of sp³-hybridized carbons (Fsp3) is 0.571. The minimum absolute atomic E-state index is 0.303. The molecule has 2 unspecified atom stereocenters. The summed E-state index contributed by atoms with van der Waals surface area (Å²) in [5.41, 5.74) is 1.82. The standard InChI is InChI=1S/C14H20FNO/c1-10(15)11-6-7-14(17-2)12(9-11)13-5-3-4-8-16-13/h6-7,9-10,13,16H,3-5,8H2,1-2H3. The predicted molar refractivity (Wildman–Crippen MR) is 67.1 cm³/mol. The molecule has 0 aliphatic carbocycles. The summed E-state index contributed by atoms with van der Waals surface area (Å²) >= 11 is 0. The normalized spacial score (nSPS) is 22.2. The number of piperidine rings is 1. The Bertz CT molecular complexity index is 372. The molecule has 0 aromatic heterocycles. The third-order valence-electron chi connectivity index (χ3n) is 3.40. The first-order chi connectivity index (χ1) is 8.22. The Hall–Kier alpha value is -1.09. The number of rotatable bonds is 3. The lowest BCUT2D eigenvalue weighted by atomic mass is 9.94. The van der Waals surface area contributed by atoms with Crippen molar-refractivity contribution >= 4 is 0 Å². The molecule has 94 valence electrons. The third-order valence-corrected chi connectivity index (χ3v) is 3.40. The van der Waals surface area contributed by atoms with Gasteiger partial charge in [-0.3, -0.25) is 0 Å². The summed E-state index contributed by atoms with van der Waals surface area (Å²) in [4.78, 5) is 0. The number of methoxy groups -OCH3 is 1. The highest BCUT2D eigenvalue weighted by Gasteiger charge is 2.19. The molecule has 1 heterocycles. The van der Waals surface area contributed by atoms with Gasteiger partial charge in [-0.25, -0.2) is 4.39 Å². The van der Waals surface area contributed by atoms with E-state index in [4.69, 9.17) is 4.74 Å². The highest BCUT2D eigenvalue weighted by Crippen LogP contribution is 2.33. The highest BCUT2D eigenvalue weighted by molar-refractivity contribution is 5.40. The Labute approximate surface area is 102 Å². The van der Waals surface area contributed by atoms with Crippen molar-refractivity contribution in [2.24, 2.45) is 0 Å². The van der Waals surface area contributed by atoms with Crippen LogP contribution in [0.4, 0.5) is 4.39 Å². The van der Waals surface area contributed by atoms with E-state index in [0.29, 0.717) is 6.04 Å². The highest BCUT2D eigenvalue weighted by atomic mass is 19.1. The van der Waals surface area contributed by atoms with Gasteiger partial charge in [0.25, 0.3) is 0 Å². The van der Waals surface area contributed by atoms with Crippen molar-refractivity contribution < 1.29 is 9.13 Å². The van der Waals surface area contributed by atoms with E-state index in [1.165, 1.54) is 12.8 Å². The lowest BCUT2D eigenvalue weighted by Gasteiger charge is -2.26. The second-order valence-electron chi connectivity index (χ2n) is 4.62. The molecule has 0 spiro atoms. The van der Waals surface area contributed by atoms with Crippen molar-refractivity contribution in [1.29, 1.82) is 0 Å². The van der Waals surface area contributed by atoms with Crippen LogP contribution >= 0.6 is 0 Å². The molecule has 1 saturated heterocycles. The molecule has 0 radical (unpaired) electrons. The van der Waals surface area contributed by atoms with Gasteiger partial charge < -0.3 is 10.1 Å². The Kier molecular flexibility index (Phi) is 4.00. The van der Waals surface area contributed by atoms with Crippen LogP contribution in [0.2, 0.25) is 0 Å². The van der Waals surface area contributed by atoms with Crippen LogP contribution in [0.3, 0.4) is 0 Å². The fourth-order valence-electron chi connectivity index (χ4n) is 2.39. The molecule has 1 N–H and O–H groups in total. The van der Waals surface area contributed by atoms with Gasteiger partial charge in [0, 0.05) is 11.6 Å². The van der Waals surface area contributed by atoms with Crippen molar-refractivity contribution in [3.8, 4) is 5.75 Å². The van der Waals surface area contributed by atoms with Crippen molar-refractivity contribution in [2.75, 3.05) is 13.7 Å². The Balaban J connectivity index is 2.30. The van der Waals surface area contributed by atoms with E-state index in [1.54, 1.807) is 20.1 Å². The maximum atomic E-state index is 13.4. The lowest BCUT2D eigenvalue weighted by Crippen LogP contribution is -2.27. The summed E-state index contributed by atoms with van der Waals surface area (Å²) in [7, 11) is 1.67.